The minimum atomic E-state index is -0.578. The summed E-state index contributed by atoms with van der Waals surface area (Å²) in [6, 6.07) is 4.80. The van der Waals surface area contributed by atoms with Gasteiger partial charge in [-0.05, 0) is 51.0 Å². The highest BCUT2D eigenvalue weighted by atomic mass is 35.5. The largest absolute Gasteiger partial charge is 0.393 e. The summed E-state index contributed by atoms with van der Waals surface area (Å²) in [6.07, 6.45) is 10.7. The molecular formula is C28H31ClFN5O2. The van der Waals surface area contributed by atoms with Gasteiger partial charge in [-0.25, -0.2) is 9.37 Å². The number of carbonyl (C=O) groups is 1. The number of hydrogen-bond donors (Lipinski definition) is 2. The fourth-order valence-corrected chi connectivity index (χ4v) is 6.85. The highest BCUT2D eigenvalue weighted by molar-refractivity contribution is 6.34. The van der Waals surface area contributed by atoms with E-state index in [9.17, 15) is 9.90 Å². The van der Waals surface area contributed by atoms with Crippen LogP contribution in [-0.4, -0.2) is 49.9 Å². The van der Waals surface area contributed by atoms with Crippen molar-refractivity contribution < 1.29 is 14.3 Å². The lowest BCUT2D eigenvalue weighted by Gasteiger charge is -2.36. The Balaban J connectivity index is 1.37. The van der Waals surface area contributed by atoms with Gasteiger partial charge in [0.25, 0.3) is 5.91 Å². The van der Waals surface area contributed by atoms with Gasteiger partial charge in [-0.3, -0.25) is 9.48 Å². The number of likely N-dealkylation sites (tertiary alicyclic amines) is 1. The summed E-state index contributed by atoms with van der Waals surface area (Å²) in [7, 11) is 1.85. The number of aliphatic hydroxyl groups is 1. The molecule has 9 heteroatoms. The van der Waals surface area contributed by atoms with E-state index >= 15 is 4.39 Å². The quantitative estimate of drug-likeness (QED) is 0.490. The van der Waals surface area contributed by atoms with Crippen LogP contribution in [0.3, 0.4) is 0 Å². The molecule has 37 heavy (non-hydrogen) atoms. The molecule has 0 bridgehead atoms. The molecule has 2 aliphatic heterocycles. The fraction of sp³-hybridized carbons (Fsp3) is 0.464. The molecule has 3 aliphatic rings. The molecule has 194 valence electrons. The number of anilines is 1. The smallest absolute Gasteiger partial charge is 0.257 e. The van der Waals surface area contributed by atoms with Crippen LogP contribution in [0, 0.1) is 5.82 Å². The van der Waals surface area contributed by atoms with E-state index in [0.717, 1.165) is 49.0 Å². The second-order valence-corrected chi connectivity index (χ2v) is 11.1. The SMILES string of the molecule is Cn1cc([C@H]2CCCCN2C(=O)c2cccc(-c3cnc4c(c3Cl)C3(CCC(O)CC3)CN4)c2F)cn1. The number of aryl methyl sites for hydroxylation is 1. The summed E-state index contributed by atoms with van der Waals surface area (Å²) < 4.78 is 17.8. The third-order valence-electron chi connectivity index (χ3n) is 8.44. The lowest BCUT2D eigenvalue weighted by Crippen LogP contribution is -2.38. The van der Waals surface area contributed by atoms with Gasteiger partial charge in [0.1, 0.15) is 11.6 Å². The lowest BCUT2D eigenvalue weighted by atomic mass is 9.70. The average molecular weight is 524 g/mol. The second kappa shape index (κ2) is 9.40. The van der Waals surface area contributed by atoms with E-state index in [1.807, 2.05) is 13.2 Å². The van der Waals surface area contributed by atoms with E-state index in [4.69, 9.17) is 11.6 Å². The van der Waals surface area contributed by atoms with Crippen LogP contribution >= 0.6 is 11.6 Å². The van der Waals surface area contributed by atoms with Crippen LogP contribution in [0.5, 0.6) is 0 Å². The predicted molar refractivity (Wildman–Crippen MR) is 140 cm³/mol. The first-order chi connectivity index (χ1) is 17.9. The molecule has 2 fully saturated rings. The van der Waals surface area contributed by atoms with Crippen LogP contribution in [0.4, 0.5) is 10.2 Å². The number of rotatable bonds is 3. The molecule has 1 saturated carbocycles. The van der Waals surface area contributed by atoms with Gasteiger partial charge in [-0.15, -0.1) is 0 Å². The molecule has 7 nitrogen and oxygen atoms in total. The van der Waals surface area contributed by atoms with E-state index in [1.54, 1.807) is 40.2 Å². The number of halogens is 2. The summed E-state index contributed by atoms with van der Waals surface area (Å²) in [5.41, 5.74) is 2.46. The number of fused-ring (bicyclic) bond motifs is 2. The monoisotopic (exact) mass is 523 g/mol. The standard InChI is InChI=1S/C28H31ClFN5O2/c1-34-15-17(13-33-34)22-7-2-3-12-35(22)27(37)20-6-4-5-19(25(20)30)21-14-31-26-23(24(21)29)28(16-32-26)10-8-18(36)9-11-28/h4-6,13-15,18,22,36H,2-3,7-12,16H2,1H3,(H,31,32)/t18?,22-,28?/m1/s1. The van der Waals surface area contributed by atoms with Crippen molar-refractivity contribution in [3.05, 3.63) is 64.3 Å². The number of hydrogen-bond acceptors (Lipinski definition) is 5. The molecule has 0 radical (unpaired) electrons. The highest BCUT2D eigenvalue weighted by Gasteiger charge is 2.44. The molecule has 4 heterocycles. The van der Waals surface area contributed by atoms with Crippen molar-refractivity contribution in [2.24, 2.45) is 7.05 Å². The average Bonchev–Trinajstić information content (AvgIpc) is 3.50. The first kappa shape index (κ1) is 24.4. The Kier molecular flexibility index (Phi) is 6.19. The number of pyridine rings is 1. The van der Waals surface area contributed by atoms with Crippen molar-refractivity contribution in [3.63, 3.8) is 0 Å². The molecule has 3 aromatic rings. The van der Waals surface area contributed by atoms with Gasteiger partial charge in [0, 0.05) is 60.2 Å². The number of nitrogens with one attached hydrogen (secondary N) is 1. The number of benzene rings is 1. The van der Waals surface area contributed by atoms with E-state index in [1.165, 1.54) is 0 Å². The first-order valence-electron chi connectivity index (χ1n) is 13.1. The Bertz CT molecular complexity index is 1350. The zero-order valence-corrected chi connectivity index (χ0v) is 21.6. The third-order valence-corrected chi connectivity index (χ3v) is 8.84. The maximum atomic E-state index is 16.1. The van der Waals surface area contributed by atoms with E-state index in [2.05, 4.69) is 15.4 Å². The fourth-order valence-electron chi connectivity index (χ4n) is 6.41. The maximum absolute atomic E-state index is 16.1. The Morgan fingerprint density at radius 3 is 2.76 bits per heavy atom. The van der Waals surface area contributed by atoms with Crippen molar-refractivity contribution in [2.45, 2.75) is 62.5 Å². The van der Waals surface area contributed by atoms with Crippen molar-refractivity contribution in [2.75, 3.05) is 18.4 Å². The normalized spacial score (nSPS) is 25.2. The number of aliphatic hydroxyl groups excluding tert-OH is 1. The van der Waals surface area contributed by atoms with Crippen LogP contribution in [0.15, 0.2) is 36.8 Å². The molecule has 1 amide bonds. The minimum Gasteiger partial charge on any atom is -0.393 e. The lowest BCUT2D eigenvalue weighted by molar-refractivity contribution is 0.0606. The van der Waals surface area contributed by atoms with Crippen LogP contribution in [0.2, 0.25) is 5.02 Å². The van der Waals surface area contributed by atoms with Gasteiger partial charge >= 0.3 is 0 Å². The number of amides is 1. The molecule has 1 atom stereocenters. The number of piperidine rings is 1. The Morgan fingerprint density at radius 1 is 1.19 bits per heavy atom. The minimum absolute atomic E-state index is 0.0403. The summed E-state index contributed by atoms with van der Waals surface area (Å²) in [5.74, 6) is -0.173. The van der Waals surface area contributed by atoms with Crippen LogP contribution < -0.4 is 5.32 Å². The Hall–Kier alpha value is -2.97. The van der Waals surface area contributed by atoms with Gasteiger partial charge in [-0.1, -0.05) is 23.7 Å². The molecule has 0 unspecified atom stereocenters. The zero-order valence-electron chi connectivity index (χ0n) is 20.9. The number of nitrogens with zero attached hydrogens (tertiary/aromatic N) is 4. The molecule has 1 aromatic carbocycles. The van der Waals surface area contributed by atoms with E-state index < -0.39 is 5.82 Å². The zero-order chi connectivity index (χ0) is 25.7. The van der Waals surface area contributed by atoms with Crippen molar-refractivity contribution >= 4 is 23.3 Å². The van der Waals surface area contributed by atoms with Gasteiger partial charge in [0.15, 0.2) is 0 Å². The second-order valence-electron chi connectivity index (χ2n) is 10.7. The van der Waals surface area contributed by atoms with Gasteiger partial charge in [0.2, 0.25) is 0 Å². The number of aromatic nitrogens is 3. The summed E-state index contributed by atoms with van der Waals surface area (Å²) in [5, 5.41) is 18.2. The molecule has 1 saturated heterocycles. The molecule has 2 aromatic heterocycles. The molecular weight excluding hydrogens is 493 g/mol. The first-order valence-corrected chi connectivity index (χ1v) is 13.4. The van der Waals surface area contributed by atoms with Crippen molar-refractivity contribution in [1.82, 2.24) is 19.7 Å². The van der Waals surface area contributed by atoms with Crippen molar-refractivity contribution in [3.8, 4) is 11.1 Å². The van der Waals surface area contributed by atoms with E-state index in [-0.39, 0.29) is 34.6 Å². The Morgan fingerprint density at radius 2 is 2.00 bits per heavy atom. The summed E-state index contributed by atoms with van der Waals surface area (Å²) in [6.45, 7) is 1.28. The van der Waals surface area contributed by atoms with Gasteiger partial charge in [0.05, 0.1) is 28.9 Å². The van der Waals surface area contributed by atoms with Gasteiger partial charge < -0.3 is 15.3 Å². The van der Waals surface area contributed by atoms with Crippen LogP contribution in [0.25, 0.3) is 11.1 Å². The van der Waals surface area contributed by atoms with Crippen molar-refractivity contribution in [1.29, 1.82) is 0 Å². The summed E-state index contributed by atoms with van der Waals surface area (Å²) in [4.78, 5) is 20.1. The van der Waals surface area contributed by atoms with E-state index in [0.29, 0.717) is 36.5 Å². The maximum Gasteiger partial charge on any atom is 0.257 e. The van der Waals surface area contributed by atoms with Crippen LogP contribution in [0.1, 0.15) is 72.5 Å². The van der Waals surface area contributed by atoms with Gasteiger partial charge in [-0.2, -0.15) is 5.10 Å². The third kappa shape index (κ3) is 4.10. The highest BCUT2D eigenvalue weighted by Crippen LogP contribution is 2.51. The Labute approximate surface area is 220 Å². The predicted octanol–water partition coefficient (Wildman–Crippen LogP) is 5.24. The number of carbonyl (C=O) groups excluding carboxylic acids is 1. The molecule has 6 rings (SSSR count). The molecule has 1 spiro atoms. The molecule has 2 N–H and O–H groups in total. The van der Waals surface area contributed by atoms with Crippen LogP contribution in [-0.2, 0) is 12.5 Å². The molecule has 1 aliphatic carbocycles. The summed E-state index contributed by atoms with van der Waals surface area (Å²) >= 11 is 6.99. The topological polar surface area (TPSA) is 83.3 Å².